The highest BCUT2D eigenvalue weighted by molar-refractivity contribution is 7.92. The summed E-state index contributed by atoms with van der Waals surface area (Å²) in [6.45, 7) is 7.90. The molecule has 0 radical (unpaired) electrons. The Morgan fingerprint density at radius 3 is 2.24 bits per heavy atom. The van der Waals surface area contributed by atoms with Crippen LogP contribution in [0.15, 0.2) is 77.7 Å². The molecule has 34 heavy (non-hydrogen) atoms. The van der Waals surface area contributed by atoms with Gasteiger partial charge in [-0.05, 0) is 68.7 Å². The van der Waals surface area contributed by atoms with Gasteiger partial charge < -0.3 is 10.1 Å². The first-order valence-corrected chi connectivity index (χ1v) is 12.9. The topological polar surface area (TPSA) is 75.7 Å². The molecule has 1 N–H and O–H groups in total. The molecule has 1 amide bonds. The predicted molar refractivity (Wildman–Crippen MR) is 136 cm³/mol. The van der Waals surface area contributed by atoms with Crippen LogP contribution in [0.25, 0.3) is 0 Å². The van der Waals surface area contributed by atoms with E-state index in [0.29, 0.717) is 18.7 Å². The zero-order chi connectivity index (χ0) is 24.7. The fraction of sp³-hybridized carbons (Fsp3) is 0.296. The molecule has 3 aromatic carbocycles. The van der Waals surface area contributed by atoms with E-state index in [1.165, 1.54) is 4.31 Å². The highest BCUT2D eigenvalue weighted by Crippen LogP contribution is 2.28. The zero-order valence-electron chi connectivity index (χ0n) is 20.1. The molecule has 0 aliphatic heterocycles. The number of sulfonamides is 1. The van der Waals surface area contributed by atoms with Crippen LogP contribution in [0, 0.1) is 6.92 Å². The Labute approximate surface area is 202 Å². The van der Waals surface area contributed by atoms with Crippen molar-refractivity contribution in [1.29, 1.82) is 0 Å². The van der Waals surface area contributed by atoms with E-state index in [1.807, 2.05) is 64.1 Å². The third-order valence-corrected chi connectivity index (χ3v) is 7.38. The zero-order valence-corrected chi connectivity index (χ0v) is 20.9. The second kappa shape index (κ2) is 11.2. The molecule has 7 heteroatoms. The van der Waals surface area contributed by atoms with E-state index in [2.05, 4.69) is 5.32 Å². The van der Waals surface area contributed by atoms with Crippen LogP contribution in [0.4, 0.5) is 5.69 Å². The molecule has 1 atom stereocenters. The summed E-state index contributed by atoms with van der Waals surface area (Å²) in [4.78, 5) is 13.2. The Hall–Kier alpha value is -3.32. The molecule has 3 aromatic rings. The maximum Gasteiger partial charge on any atom is 0.264 e. The first-order valence-electron chi connectivity index (χ1n) is 11.5. The first kappa shape index (κ1) is 25.3. The third kappa shape index (κ3) is 5.97. The molecule has 3 rings (SSSR count). The fourth-order valence-electron chi connectivity index (χ4n) is 3.71. The lowest BCUT2D eigenvalue weighted by molar-refractivity contribution is -0.120. The number of aryl methyl sites for hydroxylation is 2. The number of ether oxygens (including phenoxy) is 1. The summed E-state index contributed by atoms with van der Waals surface area (Å²) < 4.78 is 33.9. The van der Waals surface area contributed by atoms with Crippen LogP contribution in [0.1, 0.15) is 43.5 Å². The van der Waals surface area contributed by atoms with Gasteiger partial charge in [-0.15, -0.1) is 0 Å². The van der Waals surface area contributed by atoms with E-state index >= 15 is 0 Å². The second-order valence-electron chi connectivity index (χ2n) is 8.10. The van der Waals surface area contributed by atoms with Gasteiger partial charge in [0.05, 0.1) is 23.2 Å². The number of benzene rings is 3. The van der Waals surface area contributed by atoms with E-state index in [-0.39, 0.29) is 23.4 Å². The van der Waals surface area contributed by atoms with Gasteiger partial charge in [0, 0.05) is 0 Å². The number of nitrogens with zero attached hydrogens (tertiary/aromatic N) is 1. The number of nitrogens with one attached hydrogen (secondary N) is 1. The quantitative estimate of drug-likeness (QED) is 0.442. The van der Waals surface area contributed by atoms with Crippen molar-refractivity contribution in [3.05, 3.63) is 89.5 Å². The number of carbonyl (C=O) groups is 1. The Bertz CT molecular complexity index is 1210. The van der Waals surface area contributed by atoms with Crippen molar-refractivity contribution in [3.8, 4) is 5.75 Å². The summed E-state index contributed by atoms with van der Waals surface area (Å²) >= 11 is 0. The minimum absolute atomic E-state index is 0.149. The number of carbonyl (C=O) groups excluding carboxylic acids is 1. The second-order valence-corrected chi connectivity index (χ2v) is 9.96. The molecule has 0 spiro atoms. The van der Waals surface area contributed by atoms with Crippen LogP contribution in [0.5, 0.6) is 5.75 Å². The highest BCUT2D eigenvalue weighted by atomic mass is 32.2. The summed E-state index contributed by atoms with van der Waals surface area (Å²) in [6, 6.07) is 21.1. The predicted octanol–water partition coefficient (Wildman–Crippen LogP) is 5.03. The van der Waals surface area contributed by atoms with Crippen LogP contribution < -0.4 is 14.4 Å². The average molecular weight is 481 g/mol. The van der Waals surface area contributed by atoms with Crippen molar-refractivity contribution in [2.75, 3.05) is 17.5 Å². The Kier molecular flexibility index (Phi) is 8.34. The van der Waals surface area contributed by atoms with Crippen LogP contribution in [0.3, 0.4) is 0 Å². The monoisotopic (exact) mass is 480 g/mol. The summed E-state index contributed by atoms with van der Waals surface area (Å²) in [5.41, 5.74) is 3.22. The smallest absolute Gasteiger partial charge is 0.264 e. The van der Waals surface area contributed by atoms with E-state index < -0.39 is 10.0 Å². The lowest BCUT2D eigenvalue weighted by atomic mass is 10.1. The van der Waals surface area contributed by atoms with Gasteiger partial charge in [-0.25, -0.2) is 8.42 Å². The number of hydrogen-bond acceptors (Lipinski definition) is 4. The van der Waals surface area contributed by atoms with Gasteiger partial charge in [0.1, 0.15) is 12.3 Å². The molecule has 180 valence electrons. The van der Waals surface area contributed by atoms with E-state index in [1.54, 1.807) is 36.4 Å². The van der Waals surface area contributed by atoms with Crippen molar-refractivity contribution < 1.29 is 17.9 Å². The molecule has 0 aromatic heterocycles. The molecule has 0 aliphatic rings. The molecular formula is C27H32N2O4S. The Morgan fingerprint density at radius 1 is 0.971 bits per heavy atom. The van der Waals surface area contributed by atoms with Gasteiger partial charge in [-0.2, -0.15) is 0 Å². The summed E-state index contributed by atoms with van der Waals surface area (Å²) in [7, 11) is -3.95. The lowest BCUT2D eigenvalue weighted by Gasteiger charge is -2.27. The number of anilines is 1. The number of amides is 1. The maximum atomic E-state index is 13.6. The first-order chi connectivity index (χ1) is 16.3. The molecule has 0 fully saturated rings. The van der Waals surface area contributed by atoms with E-state index in [0.717, 1.165) is 22.4 Å². The standard InChI is InChI=1S/C27H32N2O4S/c1-5-22-9-7-8-10-26(22)29(34(31,32)25-17-11-20(3)12-18-25)19-27(30)28-21(4)23-13-15-24(16-14-23)33-6-2/h7-18,21H,5-6,19H2,1-4H3,(H,28,30)/t21-/m1/s1. The SMILES string of the molecule is CCOc1ccc([C@@H](C)NC(=O)CN(c2ccccc2CC)S(=O)(=O)c2ccc(C)cc2)cc1. The van der Waals surface area contributed by atoms with E-state index in [4.69, 9.17) is 4.74 Å². The fourth-order valence-corrected chi connectivity index (χ4v) is 5.17. The van der Waals surface area contributed by atoms with Crippen molar-refractivity contribution in [3.63, 3.8) is 0 Å². The number of rotatable bonds is 10. The van der Waals surface area contributed by atoms with Crippen molar-refractivity contribution in [2.45, 2.75) is 45.1 Å². The Balaban J connectivity index is 1.88. The molecule has 0 saturated carbocycles. The summed E-state index contributed by atoms with van der Waals surface area (Å²) in [5.74, 6) is 0.374. The number of hydrogen-bond donors (Lipinski definition) is 1. The Morgan fingerprint density at radius 2 is 1.62 bits per heavy atom. The molecular weight excluding hydrogens is 448 g/mol. The molecule has 0 heterocycles. The molecule has 0 unspecified atom stereocenters. The number of para-hydroxylation sites is 1. The van der Waals surface area contributed by atoms with Crippen LogP contribution >= 0.6 is 0 Å². The van der Waals surface area contributed by atoms with Gasteiger partial charge in [0.25, 0.3) is 10.0 Å². The third-order valence-electron chi connectivity index (χ3n) is 5.61. The van der Waals surface area contributed by atoms with Crippen LogP contribution in [-0.2, 0) is 21.2 Å². The molecule has 0 aliphatic carbocycles. The van der Waals surface area contributed by atoms with Crippen LogP contribution in [-0.4, -0.2) is 27.5 Å². The van der Waals surface area contributed by atoms with Crippen LogP contribution in [0.2, 0.25) is 0 Å². The van der Waals surface area contributed by atoms with Gasteiger partial charge in [-0.3, -0.25) is 9.10 Å². The van der Waals surface area contributed by atoms with Gasteiger partial charge in [0.15, 0.2) is 0 Å². The molecule has 6 nitrogen and oxygen atoms in total. The van der Waals surface area contributed by atoms with E-state index in [9.17, 15) is 13.2 Å². The lowest BCUT2D eigenvalue weighted by Crippen LogP contribution is -2.42. The average Bonchev–Trinajstić information content (AvgIpc) is 2.83. The molecule has 0 bridgehead atoms. The minimum Gasteiger partial charge on any atom is -0.494 e. The van der Waals surface area contributed by atoms with Gasteiger partial charge in [-0.1, -0.05) is 55.0 Å². The largest absolute Gasteiger partial charge is 0.494 e. The van der Waals surface area contributed by atoms with Crippen molar-refractivity contribution >= 4 is 21.6 Å². The van der Waals surface area contributed by atoms with Gasteiger partial charge >= 0.3 is 0 Å². The minimum atomic E-state index is -3.95. The van der Waals surface area contributed by atoms with Gasteiger partial charge in [0.2, 0.25) is 5.91 Å². The summed E-state index contributed by atoms with van der Waals surface area (Å²) in [5, 5.41) is 2.93. The van der Waals surface area contributed by atoms with Crippen molar-refractivity contribution in [2.24, 2.45) is 0 Å². The summed E-state index contributed by atoms with van der Waals surface area (Å²) in [6.07, 6.45) is 0.639. The normalized spacial score (nSPS) is 12.1. The highest BCUT2D eigenvalue weighted by Gasteiger charge is 2.29. The molecule has 0 saturated heterocycles. The van der Waals surface area contributed by atoms with Crippen molar-refractivity contribution in [1.82, 2.24) is 5.32 Å². The maximum absolute atomic E-state index is 13.6.